The van der Waals surface area contributed by atoms with Crippen molar-refractivity contribution < 1.29 is 4.74 Å². The van der Waals surface area contributed by atoms with Crippen LogP contribution in [0.5, 0.6) is 5.75 Å². The summed E-state index contributed by atoms with van der Waals surface area (Å²) in [6, 6.07) is 10.5. The quantitative estimate of drug-likeness (QED) is 0.842. The lowest BCUT2D eigenvalue weighted by Crippen LogP contribution is -2.22. The molecule has 0 spiro atoms. The Hall–Kier alpha value is -1.81. The molecular weight excluding hydrogens is 250 g/mol. The van der Waals surface area contributed by atoms with E-state index in [1.165, 1.54) is 11.3 Å². The van der Waals surface area contributed by atoms with Crippen molar-refractivity contribution in [2.45, 2.75) is 39.4 Å². The molecule has 20 heavy (non-hydrogen) atoms. The lowest BCUT2D eigenvalue weighted by Gasteiger charge is -2.20. The molecule has 0 aliphatic heterocycles. The molecule has 1 aromatic carbocycles. The van der Waals surface area contributed by atoms with Crippen LogP contribution in [0.3, 0.4) is 0 Å². The van der Waals surface area contributed by atoms with Crippen LogP contribution in [0.25, 0.3) is 0 Å². The van der Waals surface area contributed by atoms with Gasteiger partial charge in [0.15, 0.2) is 0 Å². The van der Waals surface area contributed by atoms with E-state index in [9.17, 15) is 0 Å². The number of benzene rings is 1. The van der Waals surface area contributed by atoms with E-state index in [1.807, 2.05) is 23.0 Å². The van der Waals surface area contributed by atoms with Crippen molar-refractivity contribution in [2.75, 3.05) is 7.11 Å². The molecule has 0 aliphatic rings. The van der Waals surface area contributed by atoms with Crippen LogP contribution in [0.2, 0.25) is 0 Å². The number of nitrogens with zero attached hydrogens (tertiary/aromatic N) is 2. The number of rotatable bonds is 7. The normalized spacial score (nSPS) is 12.3. The van der Waals surface area contributed by atoms with Crippen LogP contribution in [0, 0.1) is 0 Å². The Labute approximate surface area is 120 Å². The molecular formula is C16H23N3O. The van der Waals surface area contributed by atoms with Crippen molar-refractivity contribution in [3.8, 4) is 5.75 Å². The zero-order chi connectivity index (χ0) is 14.4. The highest BCUT2D eigenvalue weighted by atomic mass is 16.5. The van der Waals surface area contributed by atoms with Crippen molar-refractivity contribution in [1.82, 2.24) is 15.1 Å². The molecule has 0 bridgehead atoms. The minimum Gasteiger partial charge on any atom is -0.496 e. The molecule has 0 fully saturated rings. The van der Waals surface area contributed by atoms with Crippen molar-refractivity contribution in [3.05, 3.63) is 47.8 Å². The van der Waals surface area contributed by atoms with Gasteiger partial charge >= 0.3 is 0 Å². The summed E-state index contributed by atoms with van der Waals surface area (Å²) in [5.74, 6) is 0.941. The molecule has 1 unspecified atom stereocenters. The van der Waals surface area contributed by atoms with E-state index < -0.39 is 0 Å². The van der Waals surface area contributed by atoms with Crippen LogP contribution in [-0.2, 0) is 13.1 Å². The number of aryl methyl sites for hydroxylation is 1. The van der Waals surface area contributed by atoms with Gasteiger partial charge in [0.2, 0.25) is 0 Å². The first-order chi connectivity index (χ1) is 9.80. The van der Waals surface area contributed by atoms with Crippen LogP contribution in [0.1, 0.15) is 37.6 Å². The van der Waals surface area contributed by atoms with E-state index in [2.05, 4.69) is 42.5 Å². The van der Waals surface area contributed by atoms with Crippen LogP contribution in [0.15, 0.2) is 36.5 Å². The van der Waals surface area contributed by atoms with Gasteiger partial charge in [-0.25, -0.2) is 0 Å². The fourth-order valence-corrected chi connectivity index (χ4v) is 2.45. The summed E-state index contributed by atoms with van der Waals surface area (Å²) < 4.78 is 7.47. The first-order valence-electron chi connectivity index (χ1n) is 7.17. The molecule has 4 nitrogen and oxygen atoms in total. The Morgan fingerprint density at radius 3 is 2.75 bits per heavy atom. The highest BCUT2D eigenvalue weighted by Crippen LogP contribution is 2.27. The van der Waals surface area contributed by atoms with Gasteiger partial charge in [-0.1, -0.05) is 25.1 Å². The van der Waals surface area contributed by atoms with Crippen LogP contribution in [-0.4, -0.2) is 16.9 Å². The van der Waals surface area contributed by atoms with E-state index in [1.54, 1.807) is 7.11 Å². The molecule has 0 amide bonds. The molecule has 0 radical (unpaired) electrons. The minimum absolute atomic E-state index is 0.284. The molecule has 2 rings (SSSR count). The number of para-hydroxylation sites is 1. The Balaban J connectivity index is 2.09. The second kappa shape index (κ2) is 7.10. The lowest BCUT2D eigenvalue weighted by molar-refractivity contribution is 0.395. The van der Waals surface area contributed by atoms with Gasteiger partial charge in [-0.05, 0) is 25.5 Å². The summed E-state index contributed by atoms with van der Waals surface area (Å²) in [7, 11) is 1.72. The molecule has 0 aliphatic carbocycles. The lowest BCUT2D eigenvalue weighted by atomic mass is 10.0. The first kappa shape index (κ1) is 14.6. The molecule has 1 heterocycles. The Kier molecular flexibility index (Phi) is 5.18. The second-order valence-corrected chi connectivity index (χ2v) is 4.72. The van der Waals surface area contributed by atoms with Crippen molar-refractivity contribution >= 4 is 0 Å². The summed E-state index contributed by atoms with van der Waals surface area (Å²) in [5, 5.41) is 7.89. The maximum absolute atomic E-state index is 5.45. The SMILES string of the molecule is CCC(NCc1ccnn1CC)c1ccccc1OC. The Morgan fingerprint density at radius 1 is 1.25 bits per heavy atom. The van der Waals surface area contributed by atoms with Gasteiger partial charge < -0.3 is 10.1 Å². The van der Waals surface area contributed by atoms with E-state index >= 15 is 0 Å². The fourth-order valence-electron chi connectivity index (χ4n) is 2.45. The maximum atomic E-state index is 5.45. The van der Waals surface area contributed by atoms with Crippen molar-refractivity contribution in [2.24, 2.45) is 0 Å². The van der Waals surface area contributed by atoms with Crippen molar-refractivity contribution in [1.29, 1.82) is 0 Å². The van der Waals surface area contributed by atoms with E-state index in [4.69, 9.17) is 4.74 Å². The van der Waals surface area contributed by atoms with E-state index in [0.717, 1.165) is 25.3 Å². The van der Waals surface area contributed by atoms with Crippen LogP contribution in [0.4, 0.5) is 0 Å². The van der Waals surface area contributed by atoms with E-state index in [0.29, 0.717) is 0 Å². The molecule has 108 valence electrons. The molecule has 0 saturated carbocycles. The minimum atomic E-state index is 0.284. The molecule has 1 N–H and O–H groups in total. The number of methoxy groups -OCH3 is 1. The average Bonchev–Trinajstić information content (AvgIpc) is 2.96. The topological polar surface area (TPSA) is 39.1 Å². The molecule has 0 saturated heterocycles. The number of ether oxygens (including phenoxy) is 1. The predicted molar refractivity (Wildman–Crippen MR) is 80.8 cm³/mol. The largest absolute Gasteiger partial charge is 0.496 e. The third-order valence-electron chi connectivity index (χ3n) is 3.56. The number of nitrogens with one attached hydrogen (secondary N) is 1. The smallest absolute Gasteiger partial charge is 0.123 e. The van der Waals surface area contributed by atoms with Gasteiger partial charge in [0.25, 0.3) is 0 Å². The molecule has 1 aromatic heterocycles. The molecule has 4 heteroatoms. The first-order valence-corrected chi connectivity index (χ1v) is 7.17. The third kappa shape index (κ3) is 3.20. The number of hydrogen-bond acceptors (Lipinski definition) is 3. The summed E-state index contributed by atoms with van der Waals surface area (Å²) in [4.78, 5) is 0. The number of aromatic nitrogens is 2. The maximum Gasteiger partial charge on any atom is 0.123 e. The van der Waals surface area contributed by atoms with Gasteiger partial charge in [-0.15, -0.1) is 0 Å². The van der Waals surface area contributed by atoms with Gasteiger partial charge in [0, 0.05) is 30.9 Å². The monoisotopic (exact) mass is 273 g/mol. The molecule has 1 atom stereocenters. The second-order valence-electron chi connectivity index (χ2n) is 4.72. The van der Waals surface area contributed by atoms with Gasteiger partial charge in [-0.3, -0.25) is 4.68 Å². The zero-order valence-corrected chi connectivity index (χ0v) is 12.5. The molecule has 2 aromatic rings. The van der Waals surface area contributed by atoms with Crippen LogP contribution < -0.4 is 10.1 Å². The predicted octanol–water partition coefficient (Wildman–Crippen LogP) is 3.15. The highest BCUT2D eigenvalue weighted by molar-refractivity contribution is 5.35. The third-order valence-corrected chi connectivity index (χ3v) is 3.56. The standard InChI is InChI=1S/C16H23N3O/c1-4-15(14-8-6-7-9-16(14)20-3)17-12-13-10-11-18-19(13)5-2/h6-11,15,17H,4-5,12H2,1-3H3. The highest BCUT2D eigenvalue weighted by Gasteiger charge is 2.14. The summed E-state index contributed by atoms with van der Waals surface area (Å²) in [5.41, 5.74) is 2.42. The Bertz CT molecular complexity index is 536. The summed E-state index contributed by atoms with van der Waals surface area (Å²) in [6.45, 7) is 6.00. The van der Waals surface area contributed by atoms with Crippen molar-refractivity contribution in [3.63, 3.8) is 0 Å². The zero-order valence-electron chi connectivity index (χ0n) is 12.5. The fraction of sp³-hybridized carbons (Fsp3) is 0.438. The van der Waals surface area contributed by atoms with Gasteiger partial charge in [0.1, 0.15) is 5.75 Å². The summed E-state index contributed by atoms with van der Waals surface area (Å²) in [6.07, 6.45) is 2.87. The number of hydrogen-bond donors (Lipinski definition) is 1. The average molecular weight is 273 g/mol. The van der Waals surface area contributed by atoms with E-state index in [-0.39, 0.29) is 6.04 Å². The summed E-state index contributed by atoms with van der Waals surface area (Å²) >= 11 is 0. The van der Waals surface area contributed by atoms with Crippen LogP contribution >= 0.6 is 0 Å². The Morgan fingerprint density at radius 2 is 2.05 bits per heavy atom. The van der Waals surface area contributed by atoms with Gasteiger partial charge in [0.05, 0.1) is 12.8 Å². The van der Waals surface area contributed by atoms with Gasteiger partial charge in [-0.2, -0.15) is 5.10 Å².